The molecule has 4 nitrogen and oxygen atoms in total. The normalized spacial score (nSPS) is 13.1. The molecule has 3 N–H and O–H groups in total. The topological polar surface area (TPSA) is 72.2 Å². The molecule has 0 saturated carbocycles. The SMILES string of the molecule is Cc1cc(F)ccc1S(=O)(=O)NC(CN)c1ccccc1. The van der Waals surface area contributed by atoms with Gasteiger partial charge in [-0.25, -0.2) is 17.5 Å². The van der Waals surface area contributed by atoms with Crippen molar-refractivity contribution in [3.05, 3.63) is 65.5 Å². The second-order valence-corrected chi connectivity index (χ2v) is 6.41. The Hall–Kier alpha value is -1.76. The van der Waals surface area contributed by atoms with Crippen LogP contribution >= 0.6 is 0 Å². The van der Waals surface area contributed by atoms with Crippen LogP contribution in [0.2, 0.25) is 0 Å². The van der Waals surface area contributed by atoms with E-state index < -0.39 is 21.9 Å². The van der Waals surface area contributed by atoms with Gasteiger partial charge >= 0.3 is 0 Å². The first kappa shape index (κ1) is 15.6. The Morgan fingerprint density at radius 1 is 1.19 bits per heavy atom. The third-order valence-electron chi connectivity index (χ3n) is 3.16. The number of aryl methyl sites for hydroxylation is 1. The van der Waals surface area contributed by atoms with Crippen LogP contribution in [0.25, 0.3) is 0 Å². The first-order valence-corrected chi connectivity index (χ1v) is 7.96. The van der Waals surface area contributed by atoms with E-state index in [9.17, 15) is 12.8 Å². The summed E-state index contributed by atoms with van der Waals surface area (Å²) in [7, 11) is -3.76. The minimum Gasteiger partial charge on any atom is -0.329 e. The van der Waals surface area contributed by atoms with Crippen LogP contribution < -0.4 is 10.5 Å². The highest BCUT2D eigenvalue weighted by atomic mass is 32.2. The van der Waals surface area contributed by atoms with Gasteiger partial charge in [0.05, 0.1) is 10.9 Å². The van der Waals surface area contributed by atoms with Gasteiger partial charge in [0, 0.05) is 6.54 Å². The van der Waals surface area contributed by atoms with Gasteiger partial charge in [-0.3, -0.25) is 0 Å². The molecule has 2 aromatic carbocycles. The highest BCUT2D eigenvalue weighted by Crippen LogP contribution is 2.19. The van der Waals surface area contributed by atoms with Crippen LogP contribution in [0.5, 0.6) is 0 Å². The Balaban J connectivity index is 2.32. The fourth-order valence-electron chi connectivity index (χ4n) is 2.10. The summed E-state index contributed by atoms with van der Waals surface area (Å²) in [6, 6.07) is 12.1. The third-order valence-corrected chi connectivity index (χ3v) is 4.79. The molecule has 2 aromatic rings. The van der Waals surface area contributed by atoms with Gasteiger partial charge in [-0.05, 0) is 36.2 Å². The summed E-state index contributed by atoms with van der Waals surface area (Å²) in [5, 5.41) is 0. The predicted octanol–water partition coefficient (Wildman–Crippen LogP) is 2.11. The largest absolute Gasteiger partial charge is 0.329 e. The van der Waals surface area contributed by atoms with E-state index in [2.05, 4.69) is 4.72 Å². The number of rotatable bonds is 5. The molecule has 2 rings (SSSR count). The molecule has 0 radical (unpaired) electrons. The molecule has 6 heteroatoms. The molecule has 1 unspecified atom stereocenters. The van der Waals surface area contributed by atoms with Crippen LogP contribution in [0.1, 0.15) is 17.2 Å². The van der Waals surface area contributed by atoms with E-state index in [0.717, 1.165) is 11.6 Å². The smallest absolute Gasteiger partial charge is 0.241 e. The van der Waals surface area contributed by atoms with Crippen molar-refractivity contribution in [2.24, 2.45) is 5.73 Å². The van der Waals surface area contributed by atoms with E-state index in [1.165, 1.54) is 12.1 Å². The fourth-order valence-corrected chi connectivity index (χ4v) is 3.57. The second-order valence-electron chi connectivity index (χ2n) is 4.73. The molecular weight excluding hydrogens is 291 g/mol. The lowest BCUT2D eigenvalue weighted by Crippen LogP contribution is -2.33. The molecule has 0 amide bonds. The first-order chi connectivity index (χ1) is 9.94. The van der Waals surface area contributed by atoms with Gasteiger partial charge < -0.3 is 5.73 Å². The van der Waals surface area contributed by atoms with Crippen molar-refractivity contribution in [3.63, 3.8) is 0 Å². The minimum absolute atomic E-state index is 0.0540. The van der Waals surface area contributed by atoms with Crippen molar-refractivity contribution in [3.8, 4) is 0 Å². The molecule has 112 valence electrons. The van der Waals surface area contributed by atoms with Crippen molar-refractivity contribution in [1.29, 1.82) is 0 Å². The Labute approximate surface area is 123 Å². The summed E-state index contributed by atoms with van der Waals surface area (Å²) in [6.45, 7) is 1.68. The molecule has 0 aliphatic heterocycles. The summed E-state index contributed by atoms with van der Waals surface area (Å²) >= 11 is 0. The molecular formula is C15H17FN2O2S. The monoisotopic (exact) mass is 308 g/mol. The average Bonchev–Trinajstić information content (AvgIpc) is 2.45. The summed E-state index contributed by atoms with van der Waals surface area (Å²) in [4.78, 5) is 0.0540. The maximum absolute atomic E-state index is 13.1. The molecule has 0 spiro atoms. The van der Waals surface area contributed by atoms with Crippen LogP contribution in [0, 0.1) is 12.7 Å². The average molecular weight is 308 g/mol. The summed E-state index contributed by atoms with van der Waals surface area (Å²) in [5.41, 5.74) is 6.80. The fraction of sp³-hybridized carbons (Fsp3) is 0.200. The van der Waals surface area contributed by atoms with Crippen LogP contribution in [-0.4, -0.2) is 15.0 Å². The van der Waals surface area contributed by atoms with Crippen LogP contribution in [0.3, 0.4) is 0 Å². The van der Waals surface area contributed by atoms with E-state index in [0.29, 0.717) is 5.56 Å². The van der Waals surface area contributed by atoms with Crippen LogP contribution in [0.4, 0.5) is 4.39 Å². The van der Waals surface area contributed by atoms with Gasteiger partial charge in [0.1, 0.15) is 5.82 Å². The lowest BCUT2D eigenvalue weighted by atomic mass is 10.1. The zero-order valence-electron chi connectivity index (χ0n) is 11.6. The van der Waals surface area contributed by atoms with Crippen molar-refractivity contribution in [2.75, 3.05) is 6.54 Å². The van der Waals surface area contributed by atoms with Crippen molar-refractivity contribution >= 4 is 10.0 Å². The lowest BCUT2D eigenvalue weighted by Gasteiger charge is -2.18. The maximum atomic E-state index is 13.1. The molecule has 0 aliphatic carbocycles. The maximum Gasteiger partial charge on any atom is 0.241 e. The third kappa shape index (κ3) is 3.66. The van der Waals surface area contributed by atoms with Crippen molar-refractivity contribution in [2.45, 2.75) is 17.9 Å². The quantitative estimate of drug-likeness (QED) is 0.888. The summed E-state index contributed by atoms with van der Waals surface area (Å²) < 4.78 is 40.5. The Morgan fingerprint density at radius 3 is 2.43 bits per heavy atom. The van der Waals surface area contributed by atoms with Gasteiger partial charge in [-0.1, -0.05) is 30.3 Å². The van der Waals surface area contributed by atoms with E-state index in [-0.39, 0.29) is 11.4 Å². The molecule has 0 aromatic heterocycles. The van der Waals surface area contributed by atoms with E-state index in [4.69, 9.17) is 5.73 Å². The zero-order chi connectivity index (χ0) is 15.5. The minimum atomic E-state index is -3.76. The molecule has 1 atom stereocenters. The highest BCUT2D eigenvalue weighted by Gasteiger charge is 2.22. The molecule has 0 heterocycles. The number of sulfonamides is 1. The van der Waals surface area contributed by atoms with Gasteiger partial charge in [0.25, 0.3) is 0 Å². The van der Waals surface area contributed by atoms with Gasteiger partial charge in [-0.2, -0.15) is 0 Å². The number of hydrogen-bond donors (Lipinski definition) is 2. The first-order valence-electron chi connectivity index (χ1n) is 6.47. The number of nitrogens with one attached hydrogen (secondary N) is 1. The zero-order valence-corrected chi connectivity index (χ0v) is 12.4. The van der Waals surface area contributed by atoms with E-state index in [1.54, 1.807) is 19.1 Å². The van der Waals surface area contributed by atoms with Crippen LogP contribution in [0.15, 0.2) is 53.4 Å². The van der Waals surface area contributed by atoms with Crippen molar-refractivity contribution in [1.82, 2.24) is 4.72 Å². The second kappa shape index (κ2) is 6.34. The highest BCUT2D eigenvalue weighted by molar-refractivity contribution is 7.89. The van der Waals surface area contributed by atoms with E-state index >= 15 is 0 Å². The number of halogens is 1. The summed E-state index contributed by atoms with van der Waals surface area (Å²) in [6.07, 6.45) is 0. The van der Waals surface area contributed by atoms with Crippen LogP contribution in [-0.2, 0) is 10.0 Å². The lowest BCUT2D eigenvalue weighted by molar-refractivity contribution is 0.557. The number of nitrogens with two attached hydrogens (primary N) is 1. The standard InChI is InChI=1S/C15H17FN2O2S/c1-11-9-13(16)7-8-15(11)21(19,20)18-14(10-17)12-5-3-2-4-6-12/h2-9,14,18H,10,17H2,1H3. The molecule has 0 bridgehead atoms. The molecule has 0 saturated heterocycles. The molecule has 21 heavy (non-hydrogen) atoms. The molecule has 0 aliphatic rings. The van der Waals surface area contributed by atoms with Gasteiger partial charge in [0.15, 0.2) is 0 Å². The predicted molar refractivity (Wildman–Crippen MR) is 79.7 cm³/mol. The van der Waals surface area contributed by atoms with Gasteiger partial charge in [0.2, 0.25) is 10.0 Å². The summed E-state index contributed by atoms with van der Waals surface area (Å²) in [5.74, 6) is -0.468. The van der Waals surface area contributed by atoms with E-state index in [1.807, 2.05) is 18.2 Å². The molecule has 0 fully saturated rings. The Morgan fingerprint density at radius 2 is 1.86 bits per heavy atom. The Kier molecular flexibility index (Phi) is 4.72. The number of hydrogen-bond acceptors (Lipinski definition) is 3. The number of benzene rings is 2. The van der Waals surface area contributed by atoms with Gasteiger partial charge in [-0.15, -0.1) is 0 Å². The Bertz CT molecular complexity index is 718. The van der Waals surface area contributed by atoms with Crippen molar-refractivity contribution < 1.29 is 12.8 Å².